The lowest BCUT2D eigenvalue weighted by atomic mass is 10.1. The van der Waals surface area contributed by atoms with Crippen LogP contribution in [0.3, 0.4) is 0 Å². The maximum absolute atomic E-state index is 5.62. The molecule has 1 aromatic carbocycles. The summed E-state index contributed by atoms with van der Waals surface area (Å²) in [4.78, 5) is 0. The Bertz CT molecular complexity index is 335. The fourth-order valence-electron chi connectivity index (χ4n) is 1.65. The number of benzene rings is 1. The van der Waals surface area contributed by atoms with E-state index in [1.807, 2.05) is 26.0 Å². The van der Waals surface area contributed by atoms with Gasteiger partial charge in [0.25, 0.3) is 0 Å². The van der Waals surface area contributed by atoms with E-state index < -0.39 is 0 Å². The van der Waals surface area contributed by atoms with Crippen molar-refractivity contribution in [3.05, 3.63) is 29.8 Å². The van der Waals surface area contributed by atoms with Crippen LogP contribution < -0.4 is 10.1 Å². The maximum atomic E-state index is 5.62. The van der Waals surface area contributed by atoms with Gasteiger partial charge in [-0.05, 0) is 45.4 Å². The Morgan fingerprint density at radius 2 is 1.67 bits per heavy atom. The van der Waals surface area contributed by atoms with Crippen molar-refractivity contribution in [3.63, 3.8) is 0 Å². The highest BCUT2D eigenvalue weighted by molar-refractivity contribution is 5.29. The van der Waals surface area contributed by atoms with E-state index in [2.05, 4.69) is 31.3 Å². The van der Waals surface area contributed by atoms with Gasteiger partial charge in [-0.1, -0.05) is 12.1 Å². The smallest absolute Gasteiger partial charge is 0.119 e. The van der Waals surface area contributed by atoms with Crippen molar-refractivity contribution in [3.8, 4) is 5.75 Å². The predicted molar refractivity (Wildman–Crippen MR) is 75.1 cm³/mol. The Balaban J connectivity index is 2.50. The molecular weight excluding hydrogens is 226 g/mol. The van der Waals surface area contributed by atoms with Gasteiger partial charge in [0.1, 0.15) is 5.75 Å². The van der Waals surface area contributed by atoms with Crippen LogP contribution in [-0.4, -0.2) is 25.9 Å². The van der Waals surface area contributed by atoms with Crippen LogP contribution in [0.5, 0.6) is 5.75 Å². The zero-order valence-corrected chi connectivity index (χ0v) is 12.1. The molecule has 2 unspecified atom stereocenters. The normalized spacial score (nSPS) is 14.6. The van der Waals surface area contributed by atoms with Crippen molar-refractivity contribution in [2.75, 3.05) is 13.7 Å². The molecule has 0 fully saturated rings. The van der Waals surface area contributed by atoms with Gasteiger partial charge in [0.05, 0.1) is 12.2 Å². The first kappa shape index (κ1) is 15.0. The number of methoxy groups -OCH3 is 1. The average Bonchev–Trinajstić information content (AvgIpc) is 2.35. The lowest BCUT2D eigenvalue weighted by molar-refractivity contribution is 0.115. The second-order valence-electron chi connectivity index (χ2n) is 4.91. The van der Waals surface area contributed by atoms with Crippen LogP contribution in [-0.2, 0) is 4.74 Å². The molecular formula is C15H25NO2. The highest BCUT2D eigenvalue weighted by Gasteiger charge is 2.07. The first-order valence-corrected chi connectivity index (χ1v) is 6.55. The van der Waals surface area contributed by atoms with Crippen molar-refractivity contribution >= 4 is 0 Å². The van der Waals surface area contributed by atoms with Gasteiger partial charge < -0.3 is 14.8 Å². The summed E-state index contributed by atoms with van der Waals surface area (Å²) in [7, 11) is 1.73. The third kappa shape index (κ3) is 5.07. The van der Waals surface area contributed by atoms with Gasteiger partial charge in [-0.15, -0.1) is 0 Å². The lowest BCUT2D eigenvalue weighted by Gasteiger charge is -2.18. The van der Waals surface area contributed by atoms with E-state index in [9.17, 15) is 0 Å². The summed E-state index contributed by atoms with van der Waals surface area (Å²) in [6.45, 7) is 9.12. The molecule has 0 aliphatic carbocycles. The van der Waals surface area contributed by atoms with Crippen molar-refractivity contribution in [2.24, 2.45) is 0 Å². The van der Waals surface area contributed by atoms with Crippen molar-refractivity contribution < 1.29 is 9.47 Å². The summed E-state index contributed by atoms with van der Waals surface area (Å²) >= 11 is 0. The largest absolute Gasteiger partial charge is 0.491 e. The molecule has 0 amide bonds. The van der Waals surface area contributed by atoms with Gasteiger partial charge in [-0.25, -0.2) is 0 Å². The summed E-state index contributed by atoms with van der Waals surface area (Å²) in [6, 6.07) is 8.57. The van der Waals surface area contributed by atoms with Gasteiger partial charge in [0, 0.05) is 19.7 Å². The molecule has 1 rings (SSSR count). The number of rotatable bonds is 7. The molecule has 0 aliphatic rings. The minimum atomic E-state index is 0.217. The molecule has 3 heteroatoms. The minimum Gasteiger partial charge on any atom is -0.491 e. The lowest BCUT2D eigenvalue weighted by Crippen LogP contribution is -2.28. The molecule has 3 nitrogen and oxygen atoms in total. The van der Waals surface area contributed by atoms with Gasteiger partial charge in [-0.3, -0.25) is 0 Å². The van der Waals surface area contributed by atoms with Crippen LogP contribution in [0.1, 0.15) is 39.3 Å². The summed E-state index contributed by atoms with van der Waals surface area (Å²) in [6.07, 6.45) is 0.449. The van der Waals surface area contributed by atoms with Gasteiger partial charge in [0.15, 0.2) is 0 Å². The third-order valence-corrected chi connectivity index (χ3v) is 2.87. The second-order valence-corrected chi connectivity index (χ2v) is 4.91. The van der Waals surface area contributed by atoms with E-state index in [-0.39, 0.29) is 12.2 Å². The van der Waals surface area contributed by atoms with Crippen LogP contribution in [0.15, 0.2) is 24.3 Å². The summed E-state index contributed by atoms with van der Waals surface area (Å²) < 4.78 is 10.8. The fraction of sp³-hybridized carbons (Fsp3) is 0.600. The zero-order valence-electron chi connectivity index (χ0n) is 12.1. The molecule has 1 aromatic rings. The van der Waals surface area contributed by atoms with Crippen LogP contribution in [0.25, 0.3) is 0 Å². The molecule has 0 saturated heterocycles. The maximum Gasteiger partial charge on any atom is 0.119 e. The Labute approximate surface area is 110 Å². The van der Waals surface area contributed by atoms with Crippen molar-refractivity contribution in [1.82, 2.24) is 5.32 Å². The van der Waals surface area contributed by atoms with E-state index in [4.69, 9.17) is 9.47 Å². The predicted octanol–water partition coefficient (Wildman–Crippen LogP) is 3.16. The van der Waals surface area contributed by atoms with Crippen LogP contribution in [0.2, 0.25) is 0 Å². The first-order valence-electron chi connectivity index (χ1n) is 6.55. The van der Waals surface area contributed by atoms with E-state index in [1.165, 1.54) is 5.56 Å². The molecule has 0 spiro atoms. The van der Waals surface area contributed by atoms with E-state index in [0.717, 1.165) is 12.3 Å². The van der Waals surface area contributed by atoms with Crippen LogP contribution >= 0.6 is 0 Å². The average molecular weight is 251 g/mol. The van der Waals surface area contributed by atoms with E-state index >= 15 is 0 Å². The Morgan fingerprint density at radius 1 is 1.06 bits per heavy atom. The highest BCUT2D eigenvalue weighted by atomic mass is 16.5. The summed E-state index contributed by atoms with van der Waals surface area (Å²) in [5, 5.41) is 3.44. The quantitative estimate of drug-likeness (QED) is 0.807. The monoisotopic (exact) mass is 251 g/mol. The van der Waals surface area contributed by atoms with E-state index in [0.29, 0.717) is 6.04 Å². The van der Waals surface area contributed by atoms with Gasteiger partial charge in [-0.2, -0.15) is 0 Å². The SMILES string of the molecule is COC(C)CNC(C)c1ccc(OC(C)C)cc1. The standard InChI is InChI=1S/C15H25NO2/c1-11(2)18-15-8-6-14(7-9-15)13(4)16-10-12(3)17-5/h6-9,11-13,16H,10H2,1-5H3. The number of nitrogens with one attached hydrogen (secondary N) is 1. The molecule has 2 atom stereocenters. The molecule has 18 heavy (non-hydrogen) atoms. The van der Waals surface area contributed by atoms with Crippen molar-refractivity contribution in [1.29, 1.82) is 0 Å². The number of hydrogen-bond acceptors (Lipinski definition) is 3. The van der Waals surface area contributed by atoms with E-state index in [1.54, 1.807) is 7.11 Å². The fourth-order valence-corrected chi connectivity index (χ4v) is 1.65. The number of hydrogen-bond donors (Lipinski definition) is 1. The topological polar surface area (TPSA) is 30.5 Å². The highest BCUT2D eigenvalue weighted by Crippen LogP contribution is 2.18. The molecule has 1 N–H and O–H groups in total. The van der Waals surface area contributed by atoms with Crippen molar-refractivity contribution in [2.45, 2.75) is 45.9 Å². The Kier molecular flexibility index (Phi) is 6.16. The second kappa shape index (κ2) is 7.39. The zero-order chi connectivity index (χ0) is 13.5. The van der Waals surface area contributed by atoms with Gasteiger partial charge in [0.2, 0.25) is 0 Å². The third-order valence-electron chi connectivity index (χ3n) is 2.87. The Morgan fingerprint density at radius 3 is 2.17 bits per heavy atom. The molecule has 0 aliphatic heterocycles. The Hall–Kier alpha value is -1.06. The minimum absolute atomic E-state index is 0.217. The van der Waals surface area contributed by atoms with Gasteiger partial charge >= 0.3 is 0 Å². The molecule has 102 valence electrons. The molecule has 0 saturated carbocycles. The summed E-state index contributed by atoms with van der Waals surface area (Å²) in [5.74, 6) is 0.922. The molecule has 0 bridgehead atoms. The molecule has 0 radical (unpaired) electrons. The van der Waals surface area contributed by atoms with Crippen LogP contribution in [0, 0.1) is 0 Å². The number of ether oxygens (including phenoxy) is 2. The molecule has 0 aromatic heterocycles. The first-order chi connectivity index (χ1) is 8.52. The molecule has 0 heterocycles. The summed E-state index contributed by atoms with van der Waals surface area (Å²) in [5.41, 5.74) is 1.26. The van der Waals surface area contributed by atoms with Crippen LogP contribution in [0.4, 0.5) is 0 Å².